The molecule has 1 aliphatic rings. The van der Waals surface area contributed by atoms with E-state index in [4.69, 9.17) is 4.74 Å². The number of aromatic nitrogens is 1. The van der Waals surface area contributed by atoms with Crippen LogP contribution in [0, 0.1) is 5.92 Å². The summed E-state index contributed by atoms with van der Waals surface area (Å²) in [5.41, 5.74) is 0.442. The Morgan fingerprint density at radius 2 is 2.21 bits per heavy atom. The summed E-state index contributed by atoms with van der Waals surface area (Å²) in [4.78, 5) is 18.3. The van der Waals surface area contributed by atoms with Crippen LogP contribution in [0.4, 0.5) is 5.13 Å². The molecule has 106 valence electrons. The Morgan fingerprint density at radius 3 is 2.84 bits per heavy atom. The van der Waals surface area contributed by atoms with E-state index in [9.17, 15) is 4.79 Å². The van der Waals surface area contributed by atoms with Crippen molar-refractivity contribution in [2.75, 3.05) is 24.6 Å². The first-order chi connectivity index (χ1) is 9.24. The van der Waals surface area contributed by atoms with E-state index in [-0.39, 0.29) is 5.97 Å². The average Bonchev–Trinajstić information content (AvgIpc) is 2.90. The van der Waals surface area contributed by atoms with Gasteiger partial charge in [0.2, 0.25) is 0 Å². The van der Waals surface area contributed by atoms with Crippen LogP contribution in [0.15, 0.2) is 5.38 Å². The third kappa shape index (κ3) is 3.69. The van der Waals surface area contributed by atoms with E-state index < -0.39 is 0 Å². The number of esters is 1. The van der Waals surface area contributed by atoms with Crippen molar-refractivity contribution in [1.82, 2.24) is 4.98 Å². The Labute approximate surface area is 118 Å². The molecule has 1 aromatic heterocycles. The van der Waals surface area contributed by atoms with Crippen molar-refractivity contribution in [1.29, 1.82) is 0 Å². The fraction of sp³-hybridized carbons (Fsp3) is 0.714. The van der Waals surface area contributed by atoms with Crippen LogP contribution in [0.1, 0.15) is 50.0 Å². The highest BCUT2D eigenvalue weighted by molar-refractivity contribution is 7.13. The highest BCUT2D eigenvalue weighted by Gasteiger charge is 2.21. The quantitative estimate of drug-likeness (QED) is 0.777. The van der Waals surface area contributed by atoms with Crippen LogP contribution >= 0.6 is 11.3 Å². The second-order valence-electron chi connectivity index (χ2n) is 4.95. The summed E-state index contributed by atoms with van der Waals surface area (Å²) >= 11 is 1.54. The molecule has 0 aromatic carbocycles. The number of piperidine rings is 1. The second-order valence-corrected chi connectivity index (χ2v) is 5.79. The molecule has 1 saturated heterocycles. The summed E-state index contributed by atoms with van der Waals surface area (Å²) in [6, 6.07) is 0. The summed E-state index contributed by atoms with van der Waals surface area (Å²) in [5, 5.41) is 2.75. The lowest BCUT2D eigenvalue weighted by molar-refractivity contribution is 0.0520. The van der Waals surface area contributed by atoms with Crippen LogP contribution in [0.5, 0.6) is 0 Å². The van der Waals surface area contributed by atoms with Gasteiger partial charge in [0.25, 0.3) is 0 Å². The van der Waals surface area contributed by atoms with Crippen molar-refractivity contribution in [3.05, 3.63) is 11.1 Å². The molecule has 2 rings (SSSR count). The Balaban J connectivity index is 1.91. The largest absolute Gasteiger partial charge is 0.461 e. The van der Waals surface area contributed by atoms with E-state index in [0.717, 1.165) is 24.1 Å². The third-order valence-corrected chi connectivity index (χ3v) is 4.46. The van der Waals surface area contributed by atoms with Gasteiger partial charge in [-0.1, -0.05) is 19.8 Å². The first kappa shape index (κ1) is 14.3. The highest BCUT2D eigenvalue weighted by Crippen LogP contribution is 2.28. The number of thiazole rings is 1. The Hall–Kier alpha value is -1.10. The van der Waals surface area contributed by atoms with Gasteiger partial charge in [0, 0.05) is 18.5 Å². The minimum absolute atomic E-state index is 0.314. The van der Waals surface area contributed by atoms with Crippen LogP contribution < -0.4 is 4.90 Å². The molecule has 5 heteroatoms. The number of carbonyl (C=O) groups excluding carboxylic acids is 1. The van der Waals surface area contributed by atoms with E-state index in [2.05, 4.69) is 16.8 Å². The molecule has 0 radical (unpaired) electrons. The Bertz CT molecular complexity index is 411. The van der Waals surface area contributed by atoms with Gasteiger partial charge in [0.05, 0.1) is 6.61 Å². The predicted molar refractivity (Wildman–Crippen MR) is 77.9 cm³/mol. The summed E-state index contributed by atoms with van der Waals surface area (Å²) in [7, 11) is 0. The van der Waals surface area contributed by atoms with Gasteiger partial charge in [0.1, 0.15) is 0 Å². The SMILES string of the molecule is CCCC1CCN(c2nc(C(=O)OCC)cs2)CC1. The Morgan fingerprint density at radius 1 is 1.47 bits per heavy atom. The summed E-state index contributed by atoms with van der Waals surface area (Å²) in [6.07, 6.45) is 5.08. The lowest BCUT2D eigenvalue weighted by Gasteiger charge is -2.31. The number of nitrogens with zero attached hydrogens (tertiary/aromatic N) is 2. The number of ether oxygens (including phenoxy) is 1. The number of hydrogen-bond donors (Lipinski definition) is 0. The molecule has 0 aliphatic carbocycles. The topological polar surface area (TPSA) is 42.4 Å². The molecular formula is C14H22N2O2S. The van der Waals surface area contributed by atoms with E-state index in [1.165, 1.54) is 37.0 Å². The van der Waals surface area contributed by atoms with Gasteiger partial charge in [-0.2, -0.15) is 0 Å². The van der Waals surface area contributed by atoms with Gasteiger partial charge in [-0.15, -0.1) is 11.3 Å². The van der Waals surface area contributed by atoms with E-state index in [0.29, 0.717) is 12.3 Å². The zero-order valence-corrected chi connectivity index (χ0v) is 12.5. The molecule has 0 N–H and O–H groups in total. The Kier molecular flexibility index (Phi) is 5.19. The molecule has 0 saturated carbocycles. The maximum Gasteiger partial charge on any atom is 0.357 e. The van der Waals surface area contributed by atoms with Crippen molar-refractivity contribution in [2.24, 2.45) is 5.92 Å². The van der Waals surface area contributed by atoms with Gasteiger partial charge in [-0.3, -0.25) is 0 Å². The maximum atomic E-state index is 11.6. The minimum Gasteiger partial charge on any atom is -0.461 e. The molecule has 0 amide bonds. The van der Waals surface area contributed by atoms with Crippen molar-refractivity contribution >= 4 is 22.4 Å². The van der Waals surface area contributed by atoms with Gasteiger partial charge in [-0.05, 0) is 25.7 Å². The molecule has 0 bridgehead atoms. The lowest BCUT2D eigenvalue weighted by atomic mass is 9.93. The molecule has 4 nitrogen and oxygen atoms in total. The van der Waals surface area contributed by atoms with Gasteiger partial charge in [0.15, 0.2) is 10.8 Å². The zero-order chi connectivity index (χ0) is 13.7. The number of anilines is 1. The first-order valence-corrected chi connectivity index (χ1v) is 8.00. The molecule has 0 atom stereocenters. The molecule has 2 heterocycles. The first-order valence-electron chi connectivity index (χ1n) is 7.12. The number of hydrogen-bond acceptors (Lipinski definition) is 5. The van der Waals surface area contributed by atoms with Gasteiger partial charge in [-0.25, -0.2) is 9.78 Å². The average molecular weight is 282 g/mol. The van der Waals surface area contributed by atoms with Crippen LogP contribution in [-0.2, 0) is 4.74 Å². The number of rotatable bonds is 5. The molecule has 0 spiro atoms. The number of carbonyl (C=O) groups is 1. The minimum atomic E-state index is -0.314. The van der Waals surface area contributed by atoms with Gasteiger partial charge < -0.3 is 9.64 Å². The fourth-order valence-electron chi connectivity index (χ4n) is 2.53. The molecular weight excluding hydrogens is 260 g/mol. The van der Waals surface area contributed by atoms with Crippen LogP contribution in [0.3, 0.4) is 0 Å². The van der Waals surface area contributed by atoms with Crippen molar-refractivity contribution in [3.8, 4) is 0 Å². The van der Waals surface area contributed by atoms with E-state index in [1.54, 1.807) is 5.38 Å². The zero-order valence-electron chi connectivity index (χ0n) is 11.7. The van der Waals surface area contributed by atoms with Crippen LogP contribution in [0.2, 0.25) is 0 Å². The monoisotopic (exact) mass is 282 g/mol. The van der Waals surface area contributed by atoms with Crippen molar-refractivity contribution in [3.63, 3.8) is 0 Å². The molecule has 1 fully saturated rings. The molecule has 1 aromatic rings. The van der Waals surface area contributed by atoms with E-state index >= 15 is 0 Å². The van der Waals surface area contributed by atoms with Crippen molar-refractivity contribution < 1.29 is 9.53 Å². The molecule has 1 aliphatic heterocycles. The van der Waals surface area contributed by atoms with Crippen molar-refractivity contribution in [2.45, 2.75) is 39.5 Å². The molecule has 19 heavy (non-hydrogen) atoms. The van der Waals surface area contributed by atoms with Gasteiger partial charge >= 0.3 is 5.97 Å². The lowest BCUT2D eigenvalue weighted by Crippen LogP contribution is -2.33. The highest BCUT2D eigenvalue weighted by atomic mass is 32.1. The summed E-state index contributed by atoms with van der Waals surface area (Å²) in [5.74, 6) is 0.552. The smallest absolute Gasteiger partial charge is 0.357 e. The van der Waals surface area contributed by atoms with Crippen LogP contribution in [-0.4, -0.2) is 30.6 Å². The van der Waals surface area contributed by atoms with E-state index in [1.807, 2.05) is 6.92 Å². The summed E-state index contributed by atoms with van der Waals surface area (Å²) in [6.45, 7) is 6.57. The normalized spacial score (nSPS) is 16.6. The second kappa shape index (κ2) is 6.89. The standard InChI is InChI=1S/C14H22N2O2S/c1-3-5-11-6-8-16(9-7-11)14-15-12(10-19-14)13(17)18-4-2/h10-11H,3-9H2,1-2H3. The summed E-state index contributed by atoms with van der Waals surface area (Å²) < 4.78 is 4.96. The predicted octanol–water partition coefficient (Wildman–Crippen LogP) is 3.34. The maximum absolute atomic E-state index is 11.6. The fourth-order valence-corrected chi connectivity index (χ4v) is 3.38. The molecule has 0 unspecified atom stereocenters. The third-order valence-electron chi connectivity index (χ3n) is 3.56. The van der Waals surface area contributed by atoms with Crippen LogP contribution in [0.25, 0.3) is 0 Å².